The fourth-order valence-corrected chi connectivity index (χ4v) is 4.07. The lowest BCUT2D eigenvalue weighted by Gasteiger charge is -2.10. The van der Waals surface area contributed by atoms with E-state index < -0.39 is 0 Å². The zero-order valence-electron chi connectivity index (χ0n) is 15.9. The Kier molecular flexibility index (Phi) is 4.56. The first-order valence-corrected chi connectivity index (χ1v) is 9.44. The van der Waals surface area contributed by atoms with Gasteiger partial charge in [0.2, 0.25) is 5.88 Å². The molecule has 0 saturated heterocycles. The van der Waals surface area contributed by atoms with Crippen LogP contribution in [-0.4, -0.2) is 28.1 Å². The van der Waals surface area contributed by atoms with Crippen molar-refractivity contribution < 1.29 is 14.1 Å². The second-order valence-corrected chi connectivity index (χ2v) is 7.80. The van der Waals surface area contributed by atoms with Gasteiger partial charge in [0.1, 0.15) is 5.69 Å². The number of pyridine rings is 2. The molecule has 1 amide bonds. The number of thiophene rings is 1. The zero-order valence-corrected chi connectivity index (χ0v) is 16.7. The van der Waals surface area contributed by atoms with Crippen LogP contribution in [0.5, 0.6) is 5.88 Å². The van der Waals surface area contributed by atoms with Crippen molar-refractivity contribution in [3.8, 4) is 17.1 Å². The number of carbonyl (C=O) groups excluding carboxylic acids is 1. The van der Waals surface area contributed by atoms with Crippen molar-refractivity contribution in [1.29, 1.82) is 0 Å². The monoisotopic (exact) mass is 394 g/mol. The van der Waals surface area contributed by atoms with Crippen molar-refractivity contribution in [2.75, 3.05) is 12.4 Å². The van der Waals surface area contributed by atoms with E-state index in [4.69, 9.17) is 9.26 Å². The molecule has 0 unspecified atom stereocenters. The zero-order chi connectivity index (χ0) is 19.8. The standard InChI is InChI=1S/C20H18N4O3S/c1-10-8-13(12(3)28-10)16-9-14(17-11(2)24-27-20(17)23-16)18(25)22-15-6-5-7-21-19(15)26-4/h5-9H,1-4H3,(H,22,25). The van der Waals surface area contributed by atoms with Crippen molar-refractivity contribution in [1.82, 2.24) is 15.1 Å². The number of aromatic nitrogens is 3. The van der Waals surface area contributed by atoms with E-state index in [1.807, 2.05) is 13.8 Å². The van der Waals surface area contributed by atoms with Crippen LogP contribution in [0, 0.1) is 20.8 Å². The van der Waals surface area contributed by atoms with Gasteiger partial charge >= 0.3 is 0 Å². The van der Waals surface area contributed by atoms with Crippen molar-refractivity contribution in [3.63, 3.8) is 0 Å². The number of carbonyl (C=O) groups is 1. The van der Waals surface area contributed by atoms with Gasteiger partial charge in [0.15, 0.2) is 0 Å². The molecule has 0 atom stereocenters. The van der Waals surface area contributed by atoms with Gasteiger partial charge in [-0.25, -0.2) is 9.97 Å². The molecular formula is C20H18N4O3S. The molecule has 0 aliphatic heterocycles. The molecule has 8 heteroatoms. The number of nitrogens with zero attached hydrogens (tertiary/aromatic N) is 3. The van der Waals surface area contributed by atoms with E-state index in [0.29, 0.717) is 39.6 Å². The molecule has 0 radical (unpaired) electrons. The Morgan fingerprint density at radius 1 is 1.25 bits per heavy atom. The summed E-state index contributed by atoms with van der Waals surface area (Å²) in [4.78, 5) is 24.1. The van der Waals surface area contributed by atoms with Gasteiger partial charge in [-0.15, -0.1) is 11.3 Å². The summed E-state index contributed by atoms with van der Waals surface area (Å²) < 4.78 is 10.6. The molecule has 4 rings (SSSR count). The Morgan fingerprint density at radius 2 is 2.07 bits per heavy atom. The molecule has 0 bridgehead atoms. The topological polar surface area (TPSA) is 90.1 Å². The molecule has 0 aromatic carbocycles. The van der Waals surface area contributed by atoms with Crippen LogP contribution >= 0.6 is 11.3 Å². The summed E-state index contributed by atoms with van der Waals surface area (Å²) in [5.41, 5.74) is 3.52. The van der Waals surface area contributed by atoms with Crippen LogP contribution in [0.15, 0.2) is 35.0 Å². The molecule has 4 heterocycles. The first-order chi connectivity index (χ1) is 13.5. The van der Waals surface area contributed by atoms with Gasteiger partial charge in [0.05, 0.1) is 29.4 Å². The van der Waals surface area contributed by atoms with E-state index in [9.17, 15) is 4.79 Å². The Balaban J connectivity index is 1.84. The largest absolute Gasteiger partial charge is 0.480 e. The number of anilines is 1. The second kappa shape index (κ2) is 7.05. The summed E-state index contributed by atoms with van der Waals surface area (Å²) in [6.45, 7) is 5.86. The molecule has 0 aliphatic rings. The van der Waals surface area contributed by atoms with Crippen LogP contribution < -0.4 is 10.1 Å². The molecule has 4 aromatic heterocycles. The third kappa shape index (κ3) is 3.11. The number of hydrogen-bond acceptors (Lipinski definition) is 7. The highest BCUT2D eigenvalue weighted by atomic mass is 32.1. The highest BCUT2D eigenvalue weighted by molar-refractivity contribution is 7.12. The Labute approximate surface area is 165 Å². The number of aryl methyl sites for hydroxylation is 3. The molecule has 0 spiro atoms. The van der Waals surface area contributed by atoms with Crippen molar-refractivity contribution in [2.24, 2.45) is 0 Å². The van der Waals surface area contributed by atoms with E-state index in [-0.39, 0.29) is 5.91 Å². The number of methoxy groups -OCH3 is 1. The summed E-state index contributed by atoms with van der Waals surface area (Å²) in [7, 11) is 1.51. The average Bonchev–Trinajstić information content (AvgIpc) is 3.23. The van der Waals surface area contributed by atoms with Crippen LogP contribution in [-0.2, 0) is 0 Å². The van der Waals surface area contributed by atoms with Crippen molar-refractivity contribution in [3.05, 3.63) is 51.5 Å². The molecule has 28 heavy (non-hydrogen) atoms. The predicted octanol–water partition coefficient (Wildman–Crippen LogP) is 4.53. The molecular weight excluding hydrogens is 376 g/mol. The molecule has 142 valence electrons. The Hall–Kier alpha value is -3.26. The van der Waals surface area contributed by atoms with Gasteiger partial charge in [-0.1, -0.05) is 5.16 Å². The first kappa shape index (κ1) is 18.1. The summed E-state index contributed by atoms with van der Waals surface area (Å²) in [6, 6.07) is 7.30. The summed E-state index contributed by atoms with van der Waals surface area (Å²) in [5.74, 6) is 0.0311. The highest BCUT2D eigenvalue weighted by Gasteiger charge is 2.21. The van der Waals surface area contributed by atoms with E-state index in [1.54, 1.807) is 42.7 Å². The Morgan fingerprint density at radius 3 is 2.79 bits per heavy atom. The number of hydrogen-bond donors (Lipinski definition) is 1. The van der Waals surface area contributed by atoms with Gasteiger partial charge in [-0.2, -0.15) is 0 Å². The summed E-state index contributed by atoms with van der Waals surface area (Å²) >= 11 is 1.68. The minimum atomic E-state index is -0.309. The van der Waals surface area contributed by atoms with E-state index in [1.165, 1.54) is 12.0 Å². The third-order valence-corrected chi connectivity index (χ3v) is 5.36. The SMILES string of the molecule is COc1ncccc1NC(=O)c1cc(-c2cc(C)sc2C)nc2onc(C)c12. The molecule has 0 saturated carbocycles. The normalized spacial score (nSPS) is 11.0. The number of fused-ring (bicyclic) bond motifs is 1. The quantitative estimate of drug-likeness (QED) is 0.547. The molecule has 0 aliphatic carbocycles. The lowest BCUT2D eigenvalue weighted by molar-refractivity contribution is 0.102. The minimum absolute atomic E-state index is 0.309. The van der Waals surface area contributed by atoms with Crippen LogP contribution in [0.25, 0.3) is 22.4 Å². The molecule has 4 aromatic rings. The summed E-state index contributed by atoms with van der Waals surface area (Å²) in [5, 5.41) is 7.45. The van der Waals surface area contributed by atoms with E-state index in [2.05, 4.69) is 26.5 Å². The van der Waals surface area contributed by atoms with Crippen LogP contribution in [0.2, 0.25) is 0 Å². The fraction of sp³-hybridized carbons (Fsp3) is 0.200. The van der Waals surface area contributed by atoms with Gasteiger partial charge in [0, 0.05) is 21.5 Å². The average molecular weight is 394 g/mol. The van der Waals surface area contributed by atoms with E-state index in [0.717, 1.165) is 10.4 Å². The second-order valence-electron chi connectivity index (χ2n) is 6.34. The van der Waals surface area contributed by atoms with Crippen molar-refractivity contribution in [2.45, 2.75) is 20.8 Å². The maximum Gasteiger partial charge on any atom is 0.259 e. The van der Waals surface area contributed by atoms with Crippen molar-refractivity contribution >= 4 is 34.0 Å². The minimum Gasteiger partial charge on any atom is -0.480 e. The molecule has 1 N–H and O–H groups in total. The lowest BCUT2D eigenvalue weighted by Crippen LogP contribution is -2.14. The molecule has 0 fully saturated rings. The highest BCUT2D eigenvalue weighted by Crippen LogP contribution is 2.33. The number of nitrogens with one attached hydrogen (secondary N) is 1. The first-order valence-electron chi connectivity index (χ1n) is 8.62. The number of ether oxygens (including phenoxy) is 1. The number of rotatable bonds is 4. The Bertz CT molecular complexity index is 1200. The smallest absolute Gasteiger partial charge is 0.259 e. The van der Waals surface area contributed by atoms with Crippen LogP contribution in [0.4, 0.5) is 5.69 Å². The lowest BCUT2D eigenvalue weighted by atomic mass is 10.1. The van der Waals surface area contributed by atoms with E-state index >= 15 is 0 Å². The maximum atomic E-state index is 13.1. The van der Waals surface area contributed by atoms with Crippen LogP contribution in [0.3, 0.4) is 0 Å². The predicted molar refractivity (Wildman–Crippen MR) is 108 cm³/mol. The van der Waals surface area contributed by atoms with Gasteiger partial charge < -0.3 is 14.6 Å². The fourth-order valence-electron chi connectivity index (χ4n) is 3.14. The third-order valence-electron chi connectivity index (χ3n) is 4.39. The maximum absolute atomic E-state index is 13.1. The molecule has 7 nitrogen and oxygen atoms in total. The summed E-state index contributed by atoms with van der Waals surface area (Å²) in [6.07, 6.45) is 1.60. The van der Waals surface area contributed by atoms with Gasteiger partial charge in [-0.05, 0) is 45.0 Å². The van der Waals surface area contributed by atoms with Crippen LogP contribution in [0.1, 0.15) is 25.8 Å². The number of amides is 1. The van der Waals surface area contributed by atoms with Gasteiger partial charge in [0.25, 0.3) is 11.6 Å². The van der Waals surface area contributed by atoms with Gasteiger partial charge in [-0.3, -0.25) is 4.79 Å².